The molecule has 0 saturated carbocycles. The summed E-state index contributed by atoms with van der Waals surface area (Å²) in [7, 11) is 1.96. The van der Waals surface area contributed by atoms with Gasteiger partial charge in [0.15, 0.2) is 0 Å². The maximum absolute atomic E-state index is 5.85. The van der Waals surface area contributed by atoms with Crippen molar-refractivity contribution in [1.29, 1.82) is 0 Å². The minimum atomic E-state index is 0. The number of rotatable bonds is 3. The van der Waals surface area contributed by atoms with Crippen LogP contribution < -0.4 is 5.32 Å². The zero-order valence-corrected chi connectivity index (χ0v) is 12.3. The molecule has 0 aliphatic carbocycles. The molecule has 1 atom stereocenters. The van der Waals surface area contributed by atoms with Gasteiger partial charge in [-0.25, -0.2) is 0 Å². The van der Waals surface area contributed by atoms with Gasteiger partial charge in [0, 0.05) is 18.3 Å². The van der Waals surface area contributed by atoms with Crippen LogP contribution in [0.25, 0.3) is 11.3 Å². The number of pyridine rings is 1. The van der Waals surface area contributed by atoms with Gasteiger partial charge in [-0.05, 0) is 36.7 Å². The van der Waals surface area contributed by atoms with Gasteiger partial charge in [0.1, 0.15) is 0 Å². The summed E-state index contributed by atoms with van der Waals surface area (Å²) in [5, 5.41) is 3.20. The Bertz CT molecular complexity index is 560. The Balaban J connectivity index is 0.00000147. The first-order valence-electron chi connectivity index (χ1n) is 6.69. The van der Waals surface area contributed by atoms with Gasteiger partial charge in [-0.2, -0.15) is 0 Å². The van der Waals surface area contributed by atoms with Crippen LogP contribution in [0.2, 0.25) is 0 Å². The Morgan fingerprint density at radius 3 is 2.90 bits per heavy atom. The molecular weight excluding hydrogens is 272 g/mol. The van der Waals surface area contributed by atoms with E-state index in [0.717, 1.165) is 25.3 Å². The standard InChI is InChI=1S/C16H18N2O.ClH/c1-17-11-16-14-6-4-5-13(12(14)8-10-19-16)15-7-2-3-9-18-15;/h2-7,9,16-17H,8,10-11H2,1H3;1H/t16-;/m0./s1. The minimum Gasteiger partial charge on any atom is -0.372 e. The molecule has 20 heavy (non-hydrogen) atoms. The van der Waals surface area contributed by atoms with E-state index in [-0.39, 0.29) is 18.5 Å². The van der Waals surface area contributed by atoms with Crippen molar-refractivity contribution in [1.82, 2.24) is 10.3 Å². The SMILES string of the molecule is CNC[C@@H]1OCCc2c(-c3ccccn3)cccc21.Cl. The van der Waals surface area contributed by atoms with Crippen LogP contribution in [0.15, 0.2) is 42.6 Å². The van der Waals surface area contributed by atoms with Crippen LogP contribution in [0.4, 0.5) is 0 Å². The second-order valence-electron chi connectivity index (χ2n) is 4.76. The lowest BCUT2D eigenvalue weighted by Gasteiger charge is -2.27. The lowest BCUT2D eigenvalue weighted by Crippen LogP contribution is -2.25. The van der Waals surface area contributed by atoms with Gasteiger partial charge in [0.2, 0.25) is 0 Å². The molecule has 3 nitrogen and oxygen atoms in total. The molecule has 0 radical (unpaired) electrons. The molecule has 1 N–H and O–H groups in total. The summed E-state index contributed by atoms with van der Waals surface area (Å²) in [4.78, 5) is 4.47. The van der Waals surface area contributed by atoms with Gasteiger partial charge in [-0.3, -0.25) is 4.98 Å². The number of hydrogen-bond acceptors (Lipinski definition) is 3. The summed E-state index contributed by atoms with van der Waals surface area (Å²) < 4.78 is 5.85. The van der Waals surface area contributed by atoms with Crippen LogP contribution in [-0.2, 0) is 11.2 Å². The number of benzene rings is 1. The second-order valence-corrected chi connectivity index (χ2v) is 4.76. The average molecular weight is 291 g/mol. The molecule has 0 fully saturated rings. The molecule has 1 aromatic heterocycles. The quantitative estimate of drug-likeness (QED) is 0.943. The number of fused-ring (bicyclic) bond motifs is 1. The molecule has 1 aromatic carbocycles. The van der Waals surface area contributed by atoms with Crippen LogP contribution in [0, 0.1) is 0 Å². The lowest BCUT2D eigenvalue weighted by molar-refractivity contribution is 0.0440. The fourth-order valence-corrected chi connectivity index (χ4v) is 2.69. The highest BCUT2D eigenvalue weighted by Crippen LogP contribution is 2.33. The monoisotopic (exact) mass is 290 g/mol. The summed E-state index contributed by atoms with van der Waals surface area (Å²) in [6.45, 7) is 1.63. The first-order chi connectivity index (χ1) is 9.40. The Hall–Kier alpha value is -1.42. The Labute approximate surface area is 125 Å². The van der Waals surface area contributed by atoms with Gasteiger partial charge in [0.25, 0.3) is 0 Å². The first kappa shape index (κ1) is 15.0. The minimum absolute atomic E-state index is 0. The van der Waals surface area contributed by atoms with E-state index in [1.165, 1.54) is 16.7 Å². The predicted molar refractivity (Wildman–Crippen MR) is 83.2 cm³/mol. The van der Waals surface area contributed by atoms with E-state index < -0.39 is 0 Å². The molecule has 106 valence electrons. The van der Waals surface area contributed by atoms with Gasteiger partial charge < -0.3 is 10.1 Å². The van der Waals surface area contributed by atoms with Gasteiger partial charge in [-0.15, -0.1) is 12.4 Å². The van der Waals surface area contributed by atoms with Crippen molar-refractivity contribution >= 4 is 12.4 Å². The summed E-state index contributed by atoms with van der Waals surface area (Å²) in [5.41, 5.74) is 4.96. The molecular formula is C16H19ClN2O. The summed E-state index contributed by atoms with van der Waals surface area (Å²) >= 11 is 0. The highest BCUT2D eigenvalue weighted by atomic mass is 35.5. The molecule has 2 heterocycles. The highest BCUT2D eigenvalue weighted by molar-refractivity contribution is 5.85. The summed E-state index contributed by atoms with van der Waals surface area (Å²) in [6, 6.07) is 12.5. The van der Waals surface area contributed by atoms with Gasteiger partial charge in [0.05, 0.1) is 18.4 Å². The number of nitrogens with one attached hydrogen (secondary N) is 1. The number of hydrogen-bond donors (Lipinski definition) is 1. The van der Waals surface area contributed by atoms with Gasteiger partial charge >= 0.3 is 0 Å². The van der Waals surface area contributed by atoms with Crippen molar-refractivity contribution in [3.63, 3.8) is 0 Å². The lowest BCUT2D eigenvalue weighted by atomic mass is 9.91. The average Bonchev–Trinajstić information content (AvgIpc) is 2.48. The van der Waals surface area contributed by atoms with Crippen molar-refractivity contribution in [3.05, 3.63) is 53.7 Å². The van der Waals surface area contributed by atoms with Crippen molar-refractivity contribution in [2.75, 3.05) is 20.2 Å². The third-order valence-electron chi connectivity index (χ3n) is 3.56. The van der Waals surface area contributed by atoms with E-state index in [0.29, 0.717) is 0 Å². The molecule has 0 saturated heterocycles. The first-order valence-corrected chi connectivity index (χ1v) is 6.69. The van der Waals surface area contributed by atoms with Crippen molar-refractivity contribution in [3.8, 4) is 11.3 Å². The van der Waals surface area contributed by atoms with Crippen LogP contribution in [-0.4, -0.2) is 25.2 Å². The van der Waals surface area contributed by atoms with Crippen LogP contribution in [0.5, 0.6) is 0 Å². The number of nitrogens with zero attached hydrogens (tertiary/aromatic N) is 1. The Morgan fingerprint density at radius 2 is 2.15 bits per heavy atom. The third kappa shape index (κ3) is 2.85. The molecule has 0 amide bonds. The zero-order chi connectivity index (χ0) is 13.1. The van der Waals surface area contributed by atoms with E-state index in [1.807, 2.05) is 25.4 Å². The Morgan fingerprint density at radius 1 is 1.25 bits per heavy atom. The van der Waals surface area contributed by atoms with Crippen LogP contribution in [0.1, 0.15) is 17.2 Å². The largest absolute Gasteiger partial charge is 0.372 e. The number of aromatic nitrogens is 1. The van der Waals surface area contributed by atoms with E-state index in [4.69, 9.17) is 4.74 Å². The predicted octanol–water partition coefficient (Wildman–Crippen LogP) is 3.00. The summed E-state index contributed by atoms with van der Waals surface area (Å²) in [5.74, 6) is 0. The Kier molecular flexibility index (Phi) is 5.12. The van der Waals surface area contributed by atoms with Gasteiger partial charge in [-0.1, -0.05) is 24.3 Å². The maximum Gasteiger partial charge on any atom is 0.0952 e. The normalized spacial score (nSPS) is 17.1. The smallest absolute Gasteiger partial charge is 0.0952 e. The molecule has 2 aromatic rings. The molecule has 0 unspecified atom stereocenters. The molecule has 4 heteroatoms. The summed E-state index contributed by atoms with van der Waals surface area (Å²) in [6.07, 6.45) is 2.96. The van der Waals surface area contributed by atoms with E-state index in [9.17, 15) is 0 Å². The molecule has 1 aliphatic rings. The maximum atomic E-state index is 5.85. The van der Waals surface area contributed by atoms with Crippen molar-refractivity contribution in [2.45, 2.75) is 12.5 Å². The highest BCUT2D eigenvalue weighted by Gasteiger charge is 2.22. The topological polar surface area (TPSA) is 34.1 Å². The third-order valence-corrected chi connectivity index (χ3v) is 3.56. The van der Waals surface area contributed by atoms with E-state index >= 15 is 0 Å². The fraction of sp³-hybridized carbons (Fsp3) is 0.312. The van der Waals surface area contributed by atoms with E-state index in [1.54, 1.807) is 0 Å². The van der Waals surface area contributed by atoms with Crippen LogP contribution in [0.3, 0.4) is 0 Å². The van der Waals surface area contributed by atoms with Crippen LogP contribution >= 0.6 is 12.4 Å². The zero-order valence-electron chi connectivity index (χ0n) is 11.5. The molecule has 0 bridgehead atoms. The molecule has 3 rings (SSSR count). The van der Waals surface area contributed by atoms with Crippen molar-refractivity contribution < 1.29 is 4.74 Å². The number of halogens is 1. The number of ether oxygens (including phenoxy) is 1. The van der Waals surface area contributed by atoms with Crippen molar-refractivity contribution in [2.24, 2.45) is 0 Å². The van der Waals surface area contributed by atoms with E-state index in [2.05, 4.69) is 34.6 Å². The molecule has 0 spiro atoms. The fourth-order valence-electron chi connectivity index (χ4n) is 2.69. The second kappa shape index (κ2) is 6.84. The number of likely N-dealkylation sites (N-methyl/N-ethyl adjacent to an activating group) is 1. The molecule has 1 aliphatic heterocycles.